The quantitative estimate of drug-likeness (QED) is 0.607. The lowest BCUT2D eigenvalue weighted by molar-refractivity contribution is 0.813. The monoisotopic (exact) mass is 187 g/mol. The molecule has 1 aromatic carbocycles. The van der Waals surface area contributed by atoms with Gasteiger partial charge < -0.3 is 0 Å². The molecule has 0 aliphatic heterocycles. The van der Waals surface area contributed by atoms with E-state index in [1.165, 1.54) is 24.0 Å². The highest BCUT2D eigenvalue weighted by atomic mass is 13.9. The summed E-state index contributed by atoms with van der Waals surface area (Å²) in [5.41, 5.74) is 2.59. The van der Waals surface area contributed by atoms with Gasteiger partial charge in [0.05, 0.1) is 0 Å². The van der Waals surface area contributed by atoms with Gasteiger partial charge in [-0.1, -0.05) is 57.0 Å². The molecule has 0 saturated heterocycles. The van der Waals surface area contributed by atoms with Crippen molar-refractivity contribution in [2.24, 2.45) is 0 Å². The number of unbranched alkanes of at least 4 members (excludes halogenated alkanes) is 2. The standard InChI is InChI=1S/C14H19/c1-3-5-6-7-8-14-11-9-13(4-2)10-12-14/h7,9-12H,3-6H2,1-2H3. The molecule has 0 unspecified atom stereocenters. The summed E-state index contributed by atoms with van der Waals surface area (Å²) < 4.78 is 0. The molecule has 0 N–H and O–H groups in total. The van der Waals surface area contributed by atoms with Crippen LogP contribution < -0.4 is 0 Å². The zero-order chi connectivity index (χ0) is 10.2. The van der Waals surface area contributed by atoms with Gasteiger partial charge in [-0.05, 0) is 30.0 Å². The van der Waals surface area contributed by atoms with Crippen molar-refractivity contribution in [3.8, 4) is 0 Å². The minimum Gasteiger partial charge on any atom is -0.0760 e. The van der Waals surface area contributed by atoms with Crippen LogP contribution in [-0.4, -0.2) is 0 Å². The molecule has 0 saturated carbocycles. The van der Waals surface area contributed by atoms with Gasteiger partial charge in [-0.25, -0.2) is 0 Å². The summed E-state index contributed by atoms with van der Waals surface area (Å²) in [7, 11) is 0. The second-order valence-electron chi connectivity index (χ2n) is 3.54. The van der Waals surface area contributed by atoms with Crippen molar-refractivity contribution < 1.29 is 0 Å². The zero-order valence-corrected chi connectivity index (χ0v) is 9.22. The summed E-state index contributed by atoms with van der Waals surface area (Å²) in [5.74, 6) is 0. The summed E-state index contributed by atoms with van der Waals surface area (Å²) >= 11 is 0. The smallest absolute Gasteiger partial charge is 0.0149 e. The highest BCUT2D eigenvalue weighted by Gasteiger charge is 1.89. The molecule has 0 aromatic heterocycles. The molecule has 1 rings (SSSR count). The van der Waals surface area contributed by atoms with Gasteiger partial charge in [-0.2, -0.15) is 0 Å². The van der Waals surface area contributed by atoms with Crippen molar-refractivity contribution in [3.63, 3.8) is 0 Å². The van der Waals surface area contributed by atoms with Crippen LogP contribution in [-0.2, 0) is 6.42 Å². The second kappa shape index (κ2) is 6.42. The van der Waals surface area contributed by atoms with Crippen molar-refractivity contribution in [2.45, 2.75) is 39.5 Å². The van der Waals surface area contributed by atoms with Crippen LogP contribution in [0.3, 0.4) is 0 Å². The Morgan fingerprint density at radius 2 is 1.86 bits per heavy atom. The molecule has 0 spiro atoms. The lowest BCUT2D eigenvalue weighted by atomic mass is 10.1. The summed E-state index contributed by atoms with van der Waals surface area (Å²) in [6.45, 7) is 4.39. The zero-order valence-electron chi connectivity index (χ0n) is 9.22. The highest BCUT2D eigenvalue weighted by Crippen LogP contribution is 2.06. The van der Waals surface area contributed by atoms with Crippen LogP contribution in [0.1, 0.15) is 44.2 Å². The minimum absolute atomic E-state index is 1.11. The fourth-order valence-electron chi connectivity index (χ4n) is 1.33. The van der Waals surface area contributed by atoms with E-state index < -0.39 is 0 Å². The van der Waals surface area contributed by atoms with Crippen molar-refractivity contribution >= 4 is 0 Å². The SMILES string of the molecule is CCCC/C=[C]\c1ccc(CC)cc1. The Bertz CT molecular complexity index is 267. The van der Waals surface area contributed by atoms with E-state index >= 15 is 0 Å². The molecule has 0 nitrogen and oxygen atoms in total. The Balaban J connectivity index is 2.47. The Labute approximate surface area is 87.7 Å². The maximum absolute atomic E-state index is 3.31. The van der Waals surface area contributed by atoms with E-state index in [4.69, 9.17) is 0 Å². The Hall–Kier alpha value is -1.04. The Kier molecular flexibility index (Phi) is 5.06. The normalized spacial score (nSPS) is 11.0. The fraction of sp³-hybridized carbons (Fsp3) is 0.429. The van der Waals surface area contributed by atoms with Crippen LogP contribution in [0.15, 0.2) is 30.3 Å². The topological polar surface area (TPSA) is 0 Å². The van der Waals surface area contributed by atoms with Gasteiger partial charge in [0.1, 0.15) is 0 Å². The maximum atomic E-state index is 3.31. The van der Waals surface area contributed by atoms with E-state index in [0.717, 1.165) is 12.8 Å². The summed E-state index contributed by atoms with van der Waals surface area (Å²) in [4.78, 5) is 0. The molecule has 0 aliphatic rings. The van der Waals surface area contributed by atoms with Crippen LogP contribution in [0.5, 0.6) is 0 Å². The van der Waals surface area contributed by atoms with Gasteiger partial charge in [0, 0.05) is 0 Å². The van der Waals surface area contributed by atoms with Crippen LogP contribution >= 0.6 is 0 Å². The number of hydrogen-bond acceptors (Lipinski definition) is 0. The van der Waals surface area contributed by atoms with Crippen LogP contribution in [0.4, 0.5) is 0 Å². The van der Waals surface area contributed by atoms with Crippen LogP contribution in [0.2, 0.25) is 0 Å². The molecule has 75 valence electrons. The van der Waals surface area contributed by atoms with Crippen molar-refractivity contribution in [1.29, 1.82) is 0 Å². The lowest BCUT2D eigenvalue weighted by Crippen LogP contribution is -1.80. The van der Waals surface area contributed by atoms with E-state index in [1.54, 1.807) is 0 Å². The largest absolute Gasteiger partial charge is 0.0760 e. The third-order valence-electron chi connectivity index (χ3n) is 2.33. The summed E-state index contributed by atoms with van der Waals surface area (Å²) in [6, 6.07) is 8.63. The first-order valence-electron chi connectivity index (χ1n) is 5.54. The molecule has 1 radical (unpaired) electrons. The number of allylic oxidation sites excluding steroid dienone is 1. The van der Waals surface area contributed by atoms with E-state index in [2.05, 4.69) is 50.3 Å². The van der Waals surface area contributed by atoms with Crippen molar-refractivity contribution in [2.75, 3.05) is 0 Å². The van der Waals surface area contributed by atoms with Gasteiger partial charge in [0.15, 0.2) is 0 Å². The molecule has 1 aromatic rings. The number of hydrogen-bond donors (Lipinski definition) is 0. The first-order chi connectivity index (χ1) is 6.86. The predicted molar refractivity (Wildman–Crippen MR) is 62.3 cm³/mol. The number of rotatable bonds is 5. The highest BCUT2D eigenvalue weighted by molar-refractivity contribution is 5.26. The molecule has 0 heterocycles. The molecule has 0 fully saturated rings. The van der Waals surface area contributed by atoms with Crippen LogP contribution in [0.25, 0.3) is 0 Å². The molecule has 0 atom stereocenters. The lowest BCUT2D eigenvalue weighted by Gasteiger charge is -1.96. The van der Waals surface area contributed by atoms with Gasteiger partial charge in [-0.15, -0.1) is 0 Å². The molecule has 0 bridgehead atoms. The molecular weight excluding hydrogens is 168 g/mol. The van der Waals surface area contributed by atoms with E-state index in [9.17, 15) is 0 Å². The van der Waals surface area contributed by atoms with E-state index in [0.29, 0.717) is 0 Å². The maximum Gasteiger partial charge on any atom is -0.0149 e. The summed E-state index contributed by atoms with van der Waals surface area (Å²) in [6.07, 6.45) is 10.2. The third kappa shape index (κ3) is 3.78. The molecule has 14 heavy (non-hydrogen) atoms. The van der Waals surface area contributed by atoms with Gasteiger partial charge >= 0.3 is 0 Å². The first-order valence-corrected chi connectivity index (χ1v) is 5.54. The molecular formula is C14H19. The Morgan fingerprint density at radius 3 is 2.43 bits per heavy atom. The average molecular weight is 187 g/mol. The van der Waals surface area contributed by atoms with Gasteiger partial charge in [0.2, 0.25) is 0 Å². The van der Waals surface area contributed by atoms with Gasteiger partial charge in [-0.3, -0.25) is 0 Å². The first kappa shape index (κ1) is 11.0. The molecule has 0 aliphatic carbocycles. The second-order valence-corrected chi connectivity index (χ2v) is 3.54. The van der Waals surface area contributed by atoms with Gasteiger partial charge in [0.25, 0.3) is 0 Å². The van der Waals surface area contributed by atoms with Crippen molar-refractivity contribution in [1.82, 2.24) is 0 Å². The molecule has 0 amide bonds. The average Bonchev–Trinajstić information content (AvgIpc) is 2.25. The summed E-state index contributed by atoms with van der Waals surface area (Å²) in [5, 5.41) is 0. The van der Waals surface area contributed by atoms with Crippen LogP contribution in [0, 0.1) is 6.08 Å². The van der Waals surface area contributed by atoms with E-state index in [1.807, 2.05) is 0 Å². The third-order valence-corrected chi connectivity index (χ3v) is 2.33. The fourth-order valence-corrected chi connectivity index (χ4v) is 1.33. The molecule has 0 heteroatoms. The minimum atomic E-state index is 1.11. The van der Waals surface area contributed by atoms with Crippen molar-refractivity contribution in [3.05, 3.63) is 47.5 Å². The predicted octanol–water partition coefficient (Wildman–Crippen LogP) is 4.15. The number of benzene rings is 1. The van der Waals surface area contributed by atoms with E-state index in [-0.39, 0.29) is 0 Å². The number of aryl methyl sites for hydroxylation is 1. The Morgan fingerprint density at radius 1 is 1.14 bits per heavy atom.